The Hall–Kier alpha value is -2.83. The molecule has 3 rings (SSSR count). The molecule has 7 heteroatoms. The van der Waals surface area contributed by atoms with Crippen molar-refractivity contribution < 1.29 is 14.3 Å². The number of rotatable bonds is 3. The number of amides is 2. The van der Waals surface area contributed by atoms with Gasteiger partial charge in [-0.2, -0.15) is 5.10 Å². The Morgan fingerprint density at radius 1 is 1.45 bits per heavy atom. The Balaban J connectivity index is 1.80. The Labute approximate surface area is 127 Å². The molecule has 0 saturated heterocycles. The van der Waals surface area contributed by atoms with E-state index >= 15 is 0 Å². The fourth-order valence-electron chi connectivity index (χ4n) is 2.23. The maximum absolute atomic E-state index is 12.4. The van der Waals surface area contributed by atoms with E-state index in [0.29, 0.717) is 23.5 Å². The lowest BCUT2D eigenvalue weighted by Crippen LogP contribution is -2.35. The summed E-state index contributed by atoms with van der Waals surface area (Å²) in [6.07, 6.45) is 1.05. The summed E-state index contributed by atoms with van der Waals surface area (Å²) in [7, 11) is 0. The van der Waals surface area contributed by atoms with Gasteiger partial charge in [0.1, 0.15) is 0 Å². The number of H-pyrrole nitrogens is 1. The number of hydrogen-bond acceptors (Lipinski definition) is 4. The average molecular weight is 300 g/mol. The van der Waals surface area contributed by atoms with Crippen LogP contribution in [0.15, 0.2) is 24.4 Å². The van der Waals surface area contributed by atoms with Crippen LogP contribution in [-0.4, -0.2) is 28.1 Å². The van der Waals surface area contributed by atoms with Gasteiger partial charge in [-0.1, -0.05) is 6.07 Å². The van der Waals surface area contributed by atoms with Gasteiger partial charge in [-0.15, -0.1) is 0 Å². The number of para-hydroxylation sites is 1. The molecule has 3 N–H and O–H groups in total. The Morgan fingerprint density at radius 2 is 2.27 bits per heavy atom. The second-order valence-electron chi connectivity index (χ2n) is 5.13. The smallest absolute Gasteiger partial charge is 0.265 e. The quantitative estimate of drug-likeness (QED) is 0.797. The highest BCUT2D eigenvalue weighted by atomic mass is 16.5. The number of nitrogens with zero attached hydrogens (tertiary/aromatic N) is 1. The summed E-state index contributed by atoms with van der Waals surface area (Å²) in [5.74, 6) is -0.0871. The van der Waals surface area contributed by atoms with Crippen LogP contribution in [0.1, 0.15) is 28.5 Å². The van der Waals surface area contributed by atoms with Crippen molar-refractivity contribution in [2.45, 2.75) is 26.5 Å². The molecule has 2 amide bonds. The lowest BCUT2D eigenvalue weighted by atomic mass is 10.1. The first kappa shape index (κ1) is 14.1. The minimum atomic E-state index is -0.627. The van der Waals surface area contributed by atoms with Crippen molar-refractivity contribution in [3.05, 3.63) is 41.2 Å². The summed E-state index contributed by atoms with van der Waals surface area (Å²) in [5.41, 5.74) is 2.73. The summed E-state index contributed by atoms with van der Waals surface area (Å²) >= 11 is 0. The third-order valence-electron chi connectivity index (χ3n) is 3.56. The maximum Gasteiger partial charge on any atom is 0.265 e. The zero-order valence-corrected chi connectivity index (χ0v) is 12.3. The molecule has 0 fully saturated rings. The van der Waals surface area contributed by atoms with Crippen molar-refractivity contribution in [2.75, 3.05) is 5.32 Å². The second-order valence-corrected chi connectivity index (χ2v) is 5.13. The van der Waals surface area contributed by atoms with Crippen LogP contribution < -0.4 is 15.4 Å². The number of anilines is 1. The van der Waals surface area contributed by atoms with Gasteiger partial charge in [-0.05, 0) is 26.0 Å². The van der Waals surface area contributed by atoms with Crippen molar-refractivity contribution in [2.24, 2.45) is 0 Å². The first-order valence-corrected chi connectivity index (χ1v) is 6.94. The van der Waals surface area contributed by atoms with E-state index in [4.69, 9.17) is 4.74 Å². The van der Waals surface area contributed by atoms with Gasteiger partial charge in [0.05, 0.1) is 17.4 Å². The minimum absolute atomic E-state index is 0.223. The number of carbonyl (C=O) groups excluding carboxylic acids is 2. The van der Waals surface area contributed by atoms with E-state index in [9.17, 15) is 9.59 Å². The number of fused-ring (bicyclic) bond motifs is 1. The predicted molar refractivity (Wildman–Crippen MR) is 79.7 cm³/mol. The van der Waals surface area contributed by atoms with E-state index < -0.39 is 6.10 Å². The first-order chi connectivity index (χ1) is 10.6. The number of ether oxygens (including phenoxy) is 1. The third kappa shape index (κ3) is 2.52. The molecular formula is C15H16N4O3. The van der Waals surface area contributed by atoms with Crippen molar-refractivity contribution >= 4 is 17.5 Å². The van der Waals surface area contributed by atoms with E-state index in [-0.39, 0.29) is 11.8 Å². The zero-order valence-electron chi connectivity index (χ0n) is 12.3. The number of nitrogens with one attached hydrogen (secondary N) is 3. The van der Waals surface area contributed by atoms with Gasteiger partial charge in [0.15, 0.2) is 11.9 Å². The lowest BCUT2D eigenvalue weighted by Gasteiger charge is -2.25. The summed E-state index contributed by atoms with van der Waals surface area (Å²) in [4.78, 5) is 24.0. The molecule has 0 bridgehead atoms. The number of benzene rings is 1. The molecule has 0 saturated carbocycles. The number of aryl methyl sites for hydroxylation is 1. The highest BCUT2D eigenvalue weighted by Crippen LogP contribution is 2.33. The average Bonchev–Trinajstić information content (AvgIpc) is 2.91. The normalized spacial score (nSPS) is 16.5. The minimum Gasteiger partial charge on any atom is -0.478 e. The largest absolute Gasteiger partial charge is 0.478 e. The molecule has 1 aliphatic rings. The van der Waals surface area contributed by atoms with Gasteiger partial charge >= 0.3 is 0 Å². The van der Waals surface area contributed by atoms with Crippen molar-refractivity contribution in [3.8, 4) is 5.75 Å². The molecule has 1 atom stereocenters. The van der Waals surface area contributed by atoms with Crippen LogP contribution in [0.5, 0.6) is 5.75 Å². The molecule has 0 aliphatic carbocycles. The van der Waals surface area contributed by atoms with Crippen LogP contribution in [0.4, 0.5) is 5.69 Å². The van der Waals surface area contributed by atoms with Crippen molar-refractivity contribution in [1.29, 1.82) is 0 Å². The van der Waals surface area contributed by atoms with E-state index in [1.807, 2.05) is 6.92 Å². The molecule has 1 aromatic heterocycles. The molecule has 22 heavy (non-hydrogen) atoms. The SMILES string of the molecule is Cc1[nH]ncc1CNC(=O)c1cccc2c1OC(C)C(=O)N2. The number of aromatic nitrogens is 2. The lowest BCUT2D eigenvalue weighted by molar-refractivity contribution is -0.122. The Morgan fingerprint density at radius 3 is 3.00 bits per heavy atom. The van der Waals surface area contributed by atoms with Crippen molar-refractivity contribution in [3.63, 3.8) is 0 Å². The number of aromatic amines is 1. The molecule has 114 valence electrons. The summed E-state index contributed by atoms with van der Waals surface area (Å²) in [5, 5.41) is 12.3. The van der Waals surface area contributed by atoms with Gasteiger partial charge in [-0.3, -0.25) is 14.7 Å². The molecule has 0 radical (unpaired) electrons. The fourth-order valence-corrected chi connectivity index (χ4v) is 2.23. The number of carbonyl (C=O) groups is 2. The molecular weight excluding hydrogens is 284 g/mol. The standard InChI is InChI=1S/C15H16N4O3/c1-8-10(7-17-19-8)6-16-15(21)11-4-3-5-12-13(11)22-9(2)14(20)18-12/h3-5,7,9H,6H2,1-2H3,(H,16,21)(H,17,19)(H,18,20). The topological polar surface area (TPSA) is 96.1 Å². The van der Waals surface area contributed by atoms with Gasteiger partial charge in [0.25, 0.3) is 11.8 Å². The van der Waals surface area contributed by atoms with Crippen LogP contribution in [0.25, 0.3) is 0 Å². The van der Waals surface area contributed by atoms with E-state index in [0.717, 1.165) is 11.3 Å². The predicted octanol–water partition coefficient (Wildman–Crippen LogP) is 1.37. The maximum atomic E-state index is 12.4. The molecule has 1 aromatic carbocycles. The first-order valence-electron chi connectivity index (χ1n) is 6.94. The van der Waals surface area contributed by atoms with Crippen molar-refractivity contribution in [1.82, 2.24) is 15.5 Å². The number of hydrogen-bond donors (Lipinski definition) is 3. The fraction of sp³-hybridized carbons (Fsp3) is 0.267. The zero-order chi connectivity index (χ0) is 15.7. The monoisotopic (exact) mass is 300 g/mol. The molecule has 2 heterocycles. The highest BCUT2D eigenvalue weighted by Gasteiger charge is 2.27. The third-order valence-corrected chi connectivity index (χ3v) is 3.56. The van der Waals surface area contributed by atoms with Crippen LogP contribution >= 0.6 is 0 Å². The summed E-state index contributed by atoms with van der Waals surface area (Å²) in [6.45, 7) is 3.90. The van der Waals surface area contributed by atoms with Gasteiger partial charge in [0, 0.05) is 17.8 Å². The highest BCUT2D eigenvalue weighted by molar-refractivity contribution is 6.03. The van der Waals surface area contributed by atoms with Gasteiger partial charge < -0.3 is 15.4 Å². The summed E-state index contributed by atoms with van der Waals surface area (Å²) < 4.78 is 5.57. The Kier molecular flexibility index (Phi) is 3.54. The van der Waals surface area contributed by atoms with Gasteiger partial charge in [0.2, 0.25) is 0 Å². The van der Waals surface area contributed by atoms with Crippen LogP contribution in [0.3, 0.4) is 0 Å². The van der Waals surface area contributed by atoms with Gasteiger partial charge in [-0.25, -0.2) is 0 Å². The molecule has 1 aliphatic heterocycles. The van der Waals surface area contributed by atoms with E-state index in [1.165, 1.54) is 0 Å². The molecule has 7 nitrogen and oxygen atoms in total. The molecule has 2 aromatic rings. The summed E-state index contributed by atoms with van der Waals surface area (Å²) in [6, 6.07) is 5.08. The van der Waals surface area contributed by atoms with E-state index in [2.05, 4.69) is 20.8 Å². The van der Waals surface area contributed by atoms with E-state index in [1.54, 1.807) is 31.3 Å². The molecule has 0 spiro atoms. The molecule has 1 unspecified atom stereocenters. The van der Waals surface area contributed by atoms with Crippen LogP contribution in [0, 0.1) is 6.92 Å². The van der Waals surface area contributed by atoms with Crippen LogP contribution in [0.2, 0.25) is 0 Å². The second kappa shape index (κ2) is 5.51. The Bertz CT molecular complexity index is 738. The van der Waals surface area contributed by atoms with Crippen LogP contribution in [-0.2, 0) is 11.3 Å².